The lowest BCUT2D eigenvalue weighted by atomic mass is 9.83. The van der Waals surface area contributed by atoms with E-state index in [1.54, 1.807) is 0 Å². The zero-order valence-corrected chi connectivity index (χ0v) is 11.9. The Morgan fingerprint density at radius 3 is 2.76 bits per heavy atom. The Morgan fingerprint density at radius 2 is 2.24 bits per heavy atom. The van der Waals surface area contributed by atoms with Crippen LogP contribution in [-0.4, -0.2) is 23.8 Å². The largest absolute Gasteiger partial charge is 0.396 e. The maximum absolute atomic E-state index is 9.10. The van der Waals surface area contributed by atoms with Gasteiger partial charge in [0.15, 0.2) is 0 Å². The summed E-state index contributed by atoms with van der Waals surface area (Å²) in [5, 5.41) is 12.8. The Labute approximate surface area is 106 Å². The fourth-order valence-electron chi connectivity index (χ4n) is 2.87. The van der Waals surface area contributed by atoms with Crippen LogP contribution >= 0.6 is 0 Å². The first-order valence-corrected chi connectivity index (χ1v) is 7.02. The summed E-state index contributed by atoms with van der Waals surface area (Å²) in [6, 6.07) is 0. The summed E-state index contributed by atoms with van der Waals surface area (Å²) in [4.78, 5) is 0. The first kappa shape index (κ1) is 14.7. The summed E-state index contributed by atoms with van der Waals surface area (Å²) in [5.74, 6) is 1.49. The Hall–Kier alpha value is -0.340. The molecule has 0 bridgehead atoms. The fraction of sp³-hybridized carbons (Fsp3) is 0.867. The number of aliphatic hydroxyl groups excluding tert-OH is 1. The van der Waals surface area contributed by atoms with Gasteiger partial charge in [-0.05, 0) is 57.9 Å². The zero-order valence-electron chi connectivity index (χ0n) is 11.9. The minimum atomic E-state index is 0.104. The van der Waals surface area contributed by atoms with Crippen molar-refractivity contribution in [3.63, 3.8) is 0 Å². The maximum atomic E-state index is 9.10. The topological polar surface area (TPSA) is 32.3 Å². The molecule has 3 unspecified atom stereocenters. The van der Waals surface area contributed by atoms with Crippen LogP contribution in [-0.2, 0) is 0 Å². The van der Waals surface area contributed by atoms with Gasteiger partial charge in [0.2, 0.25) is 0 Å². The normalized spacial score (nSPS) is 28.6. The van der Waals surface area contributed by atoms with E-state index in [-0.39, 0.29) is 12.1 Å². The second-order valence-corrected chi connectivity index (χ2v) is 6.06. The van der Waals surface area contributed by atoms with Crippen LogP contribution in [0.1, 0.15) is 53.4 Å². The highest BCUT2D eigenvalue weighted by Gasteiger charge is 2.24. The Balaban J connectivity index is 2.42. The molecule has 0 aliphatic heterocycles. The highest BCUT2D eigenvalue weighted by Crippen LogP contribution is 2.28. The van der Waals surface area contributed by atoms with Gasteiger partial charge in [-0.2, -0.15) is 0 Å². The van der Waals surface area contributed by atoms with Crippen molar-refractivity contribution in [2.24, 2.45) is 11.8 Å². The van der Waals surface area contributed by atoms with Crippen LogP contribution in [0, 0.1) is 11.8 Å². The molecule has 0 aromatic heterocycles. The second kappa shape index (κ2) is 6.55. The van der Waals surface area contributed by atoms with E-state index in [0.29, 0.717) is 0 Å². The van der Waals surface area contributed by atoms with Crippen molar-refractivity contribution >= 4 is 0 Å². The van der Waals surface area contributed by atoms with Crippen molar-refractivity contribution in [1.29, 1.82) is 0 Å². The molecule has 2 heteroatoms. The van der Waals surface area contributed by atoms with Crippen molar-refractivity contribution < 1.29 is 5.11 Å². The summed E-state index contributed by atoms with van der Waals surface area (Å²) >= 11 is 0. The van der Waals surface area contributed by atoms with Crippen LogP contribution in [0.5, 0.6) is 0 Å². The van der Waals surface area contributed by atoms with Gasteiger partial charge in [0.05, 0.1) is 0 Å². The number of rotatable bonds is 6. The lowest BCUT2D eigenvalue weighted by Crippen LogP contribution is -2.45. The number of allylic oxidation sites excluding steroid dienone is 2. The van der Waals surface area contributed by atoms with Crippen LogP contribution in [0.3, 0.4) is 0 Å². The number of hydrogen-bond acceptors (Lipinski definition) is 2. The third-order valence-electron chi connectivity index (χ3n) is 4.15. The van der Waals surface area contributed by atoms with Gasteiger partial charge in [-0.15, -0.1) is 0 Å². The number of hydrogen-bond donors (Lipinski definition) is 2. The minimum Gasteiger partial charge on any atom is -0.396 e. The molecule has 0 aromatic carbocycles. The first-order chi connectivity index (χ1) is 7.99. The molecule has 0 saturated carbocycles. The summed E-state index contributed by atoms with van der Waals surface area (Å²) in [5.41, 5.74) is 1.64. The lowest BCUT2D eigenvalue weighted by molar-refractivity contribution is 0.205. The standard InChI is InChI=1S/C15H29NO/c1-5-15(4,6-7-17)16-11-14-9-12(2)8-13(3)10-14/h8,12,14,16-17H,5-7,9-11H2,1-4H3. The minimum absolute atomic E-state index is 0.104. The molecule has 1 aliphatic carbocycles. The highest BCUT2D eigenvalue weighted by molar-refractivity contribution is 5.06. The molecule has 3 atom stereocenters. The van der Waals surface area contributed by atoms with Gasteiger partial charge in [0.1, 0.15) is 0 Å². The van der Waals surface area contributed by atoms with Crippen molar-refractivity contribution in [2.75, 3.05) is 13.2 Å². The molecular formula is C15H29NO. The Bertz CT molecular complexity index is 262. The predicted octanol–water partition coefficient (Wildman–Crippen LogP) is 3.12. The molecular weight excluding hydrogens is 210 g/mol. The van der Waals surface area contributed by atoms with E-state index in [1.807, 2.05) is 0 Å². The second-order valence-electron chi connectivity index (χ2n) is 6.06. The molecule has 100 valence electrons. The molecule has 0 aromatic rings. The van der Waals surface area contributed by atoms with E-state index in [0.717, 1.165) is 31.2 Å². The first-order valence-electron chi connectivity index (χ1n) is 7.02. The van der Waals surface area contributed by atoms with E-state index < -0.39 is 0 Å². The molecule has 0 fully saturated rings. The summed E-state index contributed by atoms with van der Waals surface area (Å²) in [7, 11) is 0. The smallest absolute Gasteiger partial charge is 0.0448 e. The van der Waals surface area contributed by atoms with E-state index in [4.69, 9.17) is 5.11 Å². The molecule has 0 radical (unpaired) electrons. The van der Waals surface area contributed by atoms with Crippen LogP contribution in [0.15, 0.2) is 11.6 Å². The average molecular weight is 239 g/mol. The third kappa shape index (κ3) is 4.81. The van der Waals surface area contributed by atoms with Crippen LogP contribution in [0.4, 0.5) is 0 Å². The third-order valence-corrected chi connectivity index (χ3v) is 4.15. The molecule has 0 amide bonds. The maximum Gasteiger partial charge on any atom is 0.0448 e. The van der Waals surface area contributed by atoms with E-state index >= 15 is 0 Å². The van der Waals surface area contributed by atoms with E-state index in [9.17, 15) is 0 Å². The summed E-state index contributed by atoms with van der Waals surface area (Å²) in [6.45, 7) is 10.3. The van der Waals surface area contributed by atoms with Gasteiger partial charge in [-0.3, -0.25) is 0 Å². The SMILES string of the molecule is CCC(C)(CCO)NCC1CC(C)=CC(C)C1. The molecule has 1 aliphatic rings. The zero-order chi connectivity index (χ0) is 12.9. The molecule has 2 N–H and O–H groups in total. The highest BCUT2D eigenvalue weighted by atomic mass is 16.3. The number of nitrogens with one attached hydrogen (secondary N) is 1. The summed E-state index contributed by atoms with van der Waals surface area (Å²) < 4.78 is 0. The van der Waals surface area contributed by atoms with Gasteiger partial charge in [-0.25, -0.2) is 0 Å². The van der Waals surface area contributed by atoms with Crippen LogP contribution in [0.25, 0.3) is 0 Å². The molecule has 0 spiro atoms. The fourth-order valence-corrected chi connectivity index (χ4v) is 2.87. The molecule has 1 rings (SSSR count). The monoisotopic (exact) mass is 239 g/mol. The Kier molecular flexibility index (Phi) is 5.68. The molecule has 0 heterocycles. The quantitative estimate of drug-likeness (QED) is 0.698. The Morgan fingerprint density at radius 1 is 1.53 bits per heavy atom. The van der Waals surface area contributed by atoms with Crippen molar-refractivity contribution in [2.45, 2.75) is 58.9 Å². The van der Waals surface area contributed by atoms with E-state index in [2.05, 4.69) is 39.1 Å². The predicted molar refractivity (Wildman–Crippen MR) is 74.0 cm³/mol. The van der Waals surface area contributed by atoms with Gasteiger partial charge in [-0.1, -0.05) is 25.5 Å². The number of aliphatic hydroxyl groups is 1. The van der Waals surface area contributed by atoms with Crippen LogP contribution < -0.4 is 5.32 Å². The summed E-state index contributed by atoms with van der Waals surface area (Å²) in [6.07, 6.45) is 6.86. The van der Waals surface area contributed by atoms with Gasteiger partial charge in [0, 0.05) is 12.1 Å². The van der Waals surface area contributed by atoms with Crippen LogP contribution in [0.2, 0.25) is 0 Å². The van der Waals surface area contributed by atoms with Gasteiger partial charge in [0.25, 0.3) is 0 Å². The average Bonchev–Trinajstić information content (AvgIpc) is 2.26. The lowest BCUT2D eigenvalue weighted by Gasteiger charge is -2.33. The van der Waals surface area contributed by atoms with Crippen molar-refractivity contribution in [3.8, 4) is 0 Å². The van der Waals surface area contributed by atoms with Gasteiger partial charge >= 0.3 is 0 Å². The van der Waals surface area contributed by atoms with E-state index in [1.165, 1.54) is 18.4 Å². The van der Waals surface area contributed by atoms with Crippen molar-refractivity contribution in [1.82, 2.24) is 5.32 Å². The van der Waals surface area contributed by atoms with Crippen molar-refractivity contribution in [3.05, 3.63) is 11.6 Å². The van der Waals surface area contributed by atoms with Gasteiger partial charge < -0.3 is 10.4 Å². The molecule has 2 nitrogen and oxygen atoms in total. The molecule has 17 heavy (non-hydrogen) atoms. The molecule has 0 saturated heterocycles.